The topological polar surface area (TPSA) is 97.1 Å². The van der Waals surface area contributed by atoms with Gasteiger partial charge in [-0.2, -0.15) is 4.98 Å². The summed E-state index contributed by atoms with van der Waals surface area (Å²) in [6.45, 7) is 0. The van der Waals surface area contributed by atoms with Crippen LogP contribution in [0.2, 0.25) is 5.02 Å². The first-order valence-corrected chi connectivity index (χ1v) is 8.16. The zero-order valence-corrected chi connectivity index (χ0v) is 13.4. The van der Waals surface area contributed by atoms with E-state index in [0.29, 0.717) is 22.4 Å². The van der Waals surface area contributed by atoms with Crippen molar-refractivity contribution in [2.45, 2.75) is 25.3 Å². The second-order valence-electron chi connectivity index (χ2n) is 6.12. The highest BCUT2D eigenvalue weighted by molar-refractivity contribution is 6.30. The van der Waals surface area contributed by atoms with Crippen molar-refractivity contribution in [3.05, 3.63) is 41.0 Å². The van der Waals surface area contributed by atoms with Crippen LogP contribution in [0, 0.1) is 11.8 Å². The van der Waals surface area contributed by atoms with E-state index >= 15 is 0 Å². The largest absolute Gasteiger partial charge is 0.344 e. The summed E-state index contributed by atoms with van der Waals surface area (Å²) in [4.78, 5) is 28.1. The Labute approximate surface area is 142 Å². The molecular weight excluding hydrogens is 332 g/mol. The number of carbonyl (C=O) groups is 2. The Bertz CT molecular complexity index is 806. The molecule has 1 aliphatic heterocycles. The van der Waals surface area contributed by atoms with E-state index in [1.807, 2.05) is 0 Å². The highest BCUT2D eigenvalue weighted by Crippen LogP contribution is 2.47. The van der Waals surface area contributed by atoms with Crippen molar-refractivity contribution >= 4 is 29.1 Å². The highest BCUT2D eigenvalue weighted by atomic mass is 35.5. The first kappa shape index (κ1) is 15.1. The molecule has 0 unspecified atom stereocenters. The normalized spacial score (nSPS) is 24.9. The summed E-state index contributed by atoms with van der Waals surface area (Å²) >= 11 is 5.88. The Hall–Kier alpha value is -2.41. The molecule has 7 nitrogen and oxygen atoms in total. The van der Waals surface area contributed by atoms with Gasteiger partial charge in [0.25, 0.3) is 0 Å². The van der Waals surface area contributed by atoms with Crippen LogP contribution in [0.4, 0.5) is 5.69 Å². The van der Waals surface area contributed by atoms with E-state index in [9.17, 15) is 9.59 Å². The Balaban J connectivity index is 1.40. The Morgan fingerprint density at radius 1 is 1.42 bits per heavy atom. The van der Waals surface area contributed by atoms with E-state index in [4.69, 9.17) is 16.1 Å². The first-order chi connectivity index (χ1) is 11.6. The maximum Gasteiger partial charge on any atom is 0.249 e. The van der Waals surface area contributed by atoms with Crippen LogP contribution in [0.1, 0.15) is 30.6 Å². The van der Waals surface area contributed by atoms with Gasteiger partial charge < -0.3 is 15.2 Å². The smallest absolute Gasteiger partial charge is 0.249 e. The van der Waals surface area contributed by atoms with Gasteiger partial charge >= 0.3 is 0 Å². The van der Waals surface area contributed by atoms with Crippen LogP contribution >= 0.6 is 11.6 Å². The van der Waals surface area contributed by atoms with Crippen molar-refractivity contribution < 1.29 is 14.1 Å². The number of nitrogens with zero attached hydrogens (tertiary/aromatic N) is 2. The summed E-state index contributed by atoms with van der Waals surface area (Å²) in [5.41, 5.74) is 0.608. The number of halogens is 1. The molecule has 0 bridgehead atoms. The van der Waals surface area contributed by atoms with Crippen LogP contribution in [0.5, 0.6) is 0 Å². The van der Waals surface area contributed by atoms with Crippen molar-refractivity contribution in [2.24, 2.45) is 11.8 Å². The molecule has 2 N–H and O–H groups in total. The molecule has 1 saturated carbocycles. The molecule has 1 aromatic heterocycles. The SMILES string of the molecule is O=C(Cc1noc([C@@H]2NC(=O)[C@H]3CC[C@H]32)n1)Nc1cccc(Cl)c1. The molecule has 124 valence electrons. The molecule has 2 aromatic rings. The molecule has 3 atom stereocenters. The van der Waals surface area contributed by atoms with Crippen LogP contribution in [0.25, 0.3) is 0 Å². The summed E-state index contributed by atoms with van der Waals surface area (Å²) in [6.07, 6.45) is 1.88. The average molecular weight is 347 g/mol. The van der Waals surface area contributed by atoms with Gasteiger partial charge in [0.2, 0.25) is 17.7 Å². The van der Waals surface area contributed by atoms with Gasteiger partial charge in [0, 0.05) is 16.6 Å². The minimum absolute atomic E-state index is 0.00915. The average Bonchev–Trinajstić information content (AvgIpc) is 3.01. The fourth-order valence-electron chi connectivity index (χ4n) is 3.24. The molecular formula is C16H15ClN4O3. The van der Waals surface area contributed by atoms with Crippen molar-refractivity contribution in [1.29, 1.82) is 0 Å². The molecule has 8 heteroatoms. The number of hydrogen-bond donors (Lipinski definition) is 2. The predicted molar refractivity (Wildman–Crippen MR) is 85.2 cm³/mol. The third kappa shape index (κ3) is 2.75. The van der Waals surface area contributed by atoms with Crippen molar-refractivity contribution in [2.75, 3.05) is 5.32 Å². The molecule has 24 heavy (non-hydrogen) atoms. The molecule has 2 aliphatic rings. The van der Waals surface area contributed by atoms with Crippen LogP contribution in [-0.4, -0.2) is 22.0 Å². The molecule has 0 radical (unpaired) electrons. The van der Waals surface area contributed by atoms with Gasteiger partial charge in [-0.05, 0) is 37.0 Å². The summed E-state index contributed by atoms with van der Waals surface area (Å²) in [7, 11) is 0. The zero-order chi connectivity index (χ0) is 16.7. The number of fused-ring (bicyclic) bond motifs is 1. The predicted octanol–water partition coefficient (Wildman–Crippen LogP) is 2.10. The third-order valence-electron chi connectivity index (χ3n) is 4.57. The van der Waals surface area contributed by atoms with Gasteiger partial charge in [-0.25, -0.2) is 0 Å². The lowest BCUT2D eigenvalue weighted by atomic mass is 9.73. The number of benzene rings is 1. The molecule has 1 saturated heterocycles. The summed E-state index contributed by atoms with van der Waals surface area (Å²) in [5.74, 6) is 0.751. The lowest BCUT2D eigenvalue weighted by molar-refractivity contribution is -0.124. The van der Waals surface area contributed by atoms with Crippen LogP contribution < -0.4 is 10.6 Å². The van der Waals surface area contributed by atoms with Crippen LogP contribution in [0.15, 0.2) is 28.8 Å². The summed E-state index contributed by atoms with van der Waals surface area (Å²) in [5, 5.41) is 10.0. The number of hydrogen-bond acceptors (Lipinski definition) is 5. The van der Waals surface area contributed by atoms with E-state index in [-0.39, 0.29) is 36.1 Å². The second kappa shape index (κ2) is 5.90. The number of nitrogens with one attached hydrogen (secondary N) is 2. The fourth-order valence-corrected chi connectivity index (χ4v) is 3.43. The minimum Gasteiger partial charge on any atom is -0.344 e. The number of carbonyl (C=O) groups excluding carboxylic acids is 2. The summed E-state index contributed by atoms with van der Waals surface area (Å²) < 4.78 is 5.24. The Kier molecular flexibility index (Phi) is 3.72. The van der Waals surface area contributed by atoms with Crippen LogP contribution in [0.3, 0.4) is 0 Å². The van der Waals surface area contributed by atoms with Gasteiger partial charge in [0.1, 0.15) is 6.04 Å². The second-order valence-corrected chi connectivity index (χ2v) is 6.55. The summed E-state index contributed by atoms with van der Waals surface area (Å²) in [6, 6.07) is 6.66. The maximum atomic E-state index is 12.1. The van der Waals surface area contributed by atoms with E-state index < -0.39 is 0 Å². The number of aromatic nitrogens is 2. The van der Waals surface area contributed by atoms with E-state index in [2.05, 4.69) is 20.8 Å². The minimum atomic E-state index is -0.262. The molecule has 1 aromatic carbocycles. The van der Waals surface area contributed by atoms with E-state index in [0.717, 1.165) is 12.8 Å². The standard InChI is InChI=1S/C16H15ClN4O3/c17-8-2-1-3-9(6-8)18-13(22)7-12-19-16(24-21-12)14-10-4-5-11(10)15(23)20-14/h1-3,6,10-11,14H,4-5,7H2,(H,18,22)(H,20,23)/t10-,11+,14-/m1/s1. The molecule has 2 fully saturated rings. The molecule has 4 rings (SSSR count). The number of rotatable bonds is 4. The third-order valence-corrected chi connectivity index (χ3v) is 4.80. The zero-order valence-electron chi connectivity index (χ0n) is 12.7. The molecule has 1 aliphatic carbocycles. The molecule has 0 spiro atoms. The highest BCUT2D eigenvalue weighted by Gasteiger charge is 2.50. The monoisotopic (exact) mass is 346 g/mol. The van der Waals surface area contributed by atoms with Gasteiger partial charge in [0.05, 0.1) is 6.42 Å². The maximum absolute atomic E-state index is 12.1. The van der Waals surface area contributed by atoms with Crippen molar-refractivity contribution in [3.8, 4) is 0 Å². The van der Waals surface area contributed by atoms with Gasteiger partial charge in [-0.15, -0.1) is 0 Å². The lowest BCUT2D eigenvalue weighted by Gasteiger charge is -2.29. The van der Waals surface area contributed by atoms with Gasteiger partial charge in [-0.1, -0.05) is 22.8 Å². The fraction of sp³-hybridized carbons (Fsp3) is 0.375. The van der Waals surface area contributed by atoms with Crippen LogP contribution in [-0.2, 0) is 16.0 Å². The van der Waals surface area contributed by atoms with Gasteiger partial charge in [-0.3, -0.25) is 9.59 Å². The van der Waals surface area contributed by atoms with Crippen molar-refractivity contribution in [3.63, 3.8) is 0 Å². The van der Waals surface area contributed by atoms with Gasteiger partial charge in [0.15, 0.2) is 5.82 Å². The van der Waals surface area contributed by atoms with Crippen molar-refractivity contribution in [1.82, 2.24) is 15.5 Å². The quantitative estimate of drug-likeness (QED) is 0.883. The van der Waals surface area contributed by atoms with E-state index in [1.54, 1.807) is 24.3 Å². The number of amides is 2. The molecule has 2 heterocycles. The number of anilines is 1. The lowest BCUT2D eigenvalue weighted by Crippen LogP contribution is -2.27. The Morgan fingerprint density at radius 2 is 2.29 bits per heavy atom. The Morgan fingerprint density at radius 3 is 3.00 bits per heavy atom. The molecule has 2 amide bonds. The van der Waals surface area contributed by atoms with E-state index in [1.165, 1.54) is 0 Å². The first-order valence-electron chi connectivity index (χ1n) is 7.78.